The van der Waals surface area contributed by atoms with E-state index < -0.39 is 5.92 Å². The molecule has 0 aliphatic heterocycles. The summed E-state index contributed by atoms with van der Waals surface area (Å²) in [5, 5.41) is 0.646. The molecular weight excluding hydrogens is 226 g/mol. The molecule has 0 N–H and O–H groups in total. The number of aliphatic imine (C=N–C) groups is 1. The predicted octanol–water partition coefficient (Wildman–Crippen LogP) is 3.02. The van der Waals surface area contributed by atoms with Gasteiger partial charge in [0, 0.05) is 11.2 Å². The molecule has 4 heteroatoms. The van der Waals surface area contributed by atoms with E-state index in [1.807, 2.05) is 0 Å². The Kier molecular flexibility index (Phi) is 4.73. The second-order valence-corrected chi connectivity index (χ2v) is 3.48. The first-order valence-electron chi connectivity index (χ1n) is 4.67. The van der Waals surface area contributed by atoms with Crippen LogP contribution in [0.1, 0.15) is 0 Å². The molecule has 1 rings (SSSR count). The van der Waals surface area contributed by atoms with Crippen LogP contribution in [0.2, 0.25) is 5.02 Å². The Balaban J connectivity index is 2.75. The van der Waals surface area contributed by atoms with E-state index in [2.05, 4.69) is 16.3 Å². The van der Waals surface area contributed by atoms with Crippen LogP contribution in [0.3, 0.4) is 0 Å². The molecule has 1 aromatic carbocycles. The van der Waals surface area contributed by atoms with Gasteiger partial charge in [0.1, 0.15) is 5.92 Å². The normalized spacial score (nSPS) is 12.4. The number of hydrogen-bond donors (Lipinski definition) is 0. The minimum absolute atomic E-state index is 0.382. The Labute approximate surface area is 99.4 Å². The SMILES string of the molecule is C=CC(C=Nc1ccc(Cl)cc1)C(=O)OC. The lowest BCUT2D eigenvalue weighted by Crippen LogP contribution is -2.14. The summed E-state index contributed by atoms with van der Waals surface area (Å²) in [6, 6.07) is 6.98. The molecule has 0 spiro atoms. The maximum absolute atomic E-state index is 11.2. The first-order valence-corrected chi connectivity index (χ1v) is 5.05. The third kappa shape index (κ3) is 3.51. The van der Waals surface area contributed by atoms with Crippen LogP contribution in [-0.2, 0) is 9.53 Å². The van der Waals surface area contributed by atoms with E-state index in [0.29, 0.717) is 5.02 Å². The van der Waals surface area contributed by atoms with E-state index in [1.54, 1.807) is 24.3 Å². The van der Waals surface area contributed by atoms with Crippen molar-refractivity contribution in [2.45, 2.75) is 0 Å². The van der Waals surface area contributed by atoms with Gasteiger partial charge in [-0.1, -0.05) is 17.7 Å². The number of rotatable bonds is 4. The van der Waals surface area contributed by atoms with E-state index in [9.17, 15) is 4.79 Å². The number of halogens is 1. The topological polar surface area (TPSA) is 38.7 Å². The summed E-state index contributed by atoms with van der Waals surface area (Å²) in [6.45, 7) is 3.54. The van der Waals surface area contributed by atoms with Crippen molar-refractivity contribution in [2.75, 3.05) is 7.11 Å². The van der Waals surface area contributed by atoms with Crippen LogP contribution in [0.4, 0.5) is 5.69 Å². The van der Waals surface area contributed by atoms with Gasteiger partial charge in [-0.15, -0.1) is 6.58 Å². The highest BCUT2D eigenvalue weighted by atomic mass is 35.5. The largest absolute Gasteiger partial charge is 0.468 e. The van der Waals surface area contributed by atoms with E-state index in [-0.39, 0.29) is 5.97 Å². The van der Waals surface area contributed by atoms with Crippen molar-refractivity contribution in [1.29, 1.82) is 0 Å². The van der Waals surface area contributed by atoms with Gasteiger partial charge in [-0.2, -0.15) is 0 Å². The summed E-state index contributed by atoms with van der Waals surface area (Å²) >= 11 is 5.73. The lowest BCUT2D eigenvalue weighted by molar-refractivity contribution is -0.141. The van der Waals surface area contributed by atoms with Crippen LogP contribution in [-0.4, -0.2) is 19.3 Å². The molecule has 0 saturated heterocycles. The molecular formula is C12H12ClNO2. The highest BCUT2D eigenvalue weighted by Crippen LogP contribution is 2.16. The highest BCUT2D eigenvalue weighted by molar-refractivity contribution is 6.30. The van der Waals surface area contributed by atoms with Crippen molar-refractivity contribution in [2.24, 2.45) is 10.9 Å². The second kappa shape index (κ2) is 6.08. The van der Waals surface area contributed by atoms with E-state index in [1.165, 1.54) is 19.4 Å². The maximum atomic E-state index is 11.2. The van der Waals surface area contributed by atoms with Crippen molar-refractivity contribution in [1.82, 2.24) is 0 Å². The smallest absolute Gasteiger partial charge is 0.317 e. The van der Waals surface area contributed by atoms with Crippen molar-refractivity contribution >= 4 is 29.5 Å². The van der Waals surface area contributed by atoms with Crippen molar-refractivity contribution < 1.29 is 9.53 Å². The number of hydrogen-bond acceptors (Lipinski definition) is 3. The molecule has 0 fully saturated rings. The zero-order valence-electron chi connectivity index (χ0n) is 8.89. The summed E-state index contributed by atoms with van der Waals surface area (Å²) in [4.78, 5) is 15.3. The van der Waals surface area contributed by atoms with Crippen LogP contribution < -0.4 is 0 Å². The quantitative estimate of drug-likeness (QED) is 0.459. The van der Waals surface area contributed by atoms with Gasteiger partial charge in [0.25, 0.3) is 0 Å². The fourth-order valence-corrected chi connectivity index (χ4v) is 1.17. The summed E-state index contributed by atoms with van der Waals surface area (Å²) in [5.74, 6) is -0.909. The first kappa shape index (κ1) is 12.5. The third-order valence-electron chi connectivity index (χ3n) is 1.94. The molecule has 3 nitrogen and oxygen atoms in total. The Bertz CT molecular complexity index is 398. The van der Waals surface area contributed by atoms with Crippen LogP contribution in [0.5, 0.6) is 0 Å². The Morgan fingerprint density at radius 1 is 1.50 bits per heavy atom. The molecule has 0 aliphatic carbocycles. The number of nitrogens with zero attached hydrogens (tertiary/aromatic N) is 1. The number of esters is 1. The van der Waals surface area contributed by atoms with Gasteiger partial charge in [-0.25, -0.2) is 0 Å². The lowest BCUT2D eigenvalue weighted by atomic mass is 10.2. The zero-order chi connectivity index (χ0) is 12.0. The summed E-state index contributed by atoms with van der Waals surface area (Å²) in [5.41, 5.74) is 0.722. The monoisotopic (exact) mass is 237 g/mol. The predicted molar refractivity (Wildman–Crippen MR) is 65.3 cm³/mol. The molecule has 1 unspecified atom stereocenters. The second-order valence-electron chi connectivity index (χ2n) is 3.04. The van der Waals surface area contributed by atoms with Crippen molar-refractivity contribution in [3.05, 3.63) is 41.9 Å². The highest BCUT2D eigenvalue weighted by Gasteiger charge is 2.11. The van der Waals surface area contributed by atoms with Gasteiger partial charge >= 0.3 is 5.97 Å². The Morgan fingerprint density at radius 3 is 2.62 bits per heavy atom. The van der Waals surface area contributed by atoms with Gasteiger partial charge in [-0.05, 0) is 24.3 Å². The molecule has 84 valence electrons. The average Bonchev–Trinajstić information content (AvgIpc) is 2.31. The molecule has 16 heavy (non-hydrogen) atoms. The van der Waals surface area contributed by atoms with Crippen LogP contribution in [0, 0.1) is 5.92 Å². The summed E-state index contributed by atoms with van der Waals surface area (Å²) in [7, 11) is 1.33. The van der Waals surface area contributed by atoms with Gasteiger partial charge < -0.3 is 4.74 Å². The molecule has 0 radical (unpaired) electrons. The number of methoxy groups -OCH3 is 1. The van der Waals surface area contributed by atoms with Gasteiger partial charge in [0.05, 0.1) is 12.8 Å². The number of benzene rings is 1. The molecule has 0 aliphatic rings. The minimum atomic E-state index is -0.527. The fourth-order valence-electron chi connectivity index (χ4n) is 1.05. The molecule has 1 atom stereocenters. The number of ether oxygens (including phenoxy) is 1. The molecule has 0 heterocycles. The van der Waals surface area contributed by atoms with E-state index in [0.717, 1.165) is 5.69 Å². The zero-order valence-corrected chi connectivity index (χ0v) is 9.65. The van der Waals surface area contributed by atoms with Gasteiger partial charge in [-0.3, -0.25) is 9.79 Å². The Hall–Kier alpha value is -1.61. The number of carbonyl (C=O) groups excluding carboxylic acids is 1. The van der Waals surface area contributed by atoms with E-state index >= 15 is 0 Å². The van der Waals surface area contributed by atoms with Crippen LogP contribution in [0.25, 0.3) is 0 Å². The van der Waals surface area contributed by atoms with Gasteiger partial charge in [0.2, 0.25) is 0 Å². The van der Waals surface area contributed by atoms with E-state index in [4.69, 9.17) is 11.6 Å². The molecule has 0 amide bonds. The van der Waals surface area contributed by atoms with Crippen molar-refractivity contribution in [3.63, 3.8) is 0 Å². The summed E-state index contributed by atoms with van der Waals surface area (Å²) < 4.78 is 4.59. The molecule has 1 aromatic rings. The standard InChI is InChI=1S/C12H12ClNO2/c1-3-9(12(15)16-2)8-14-11-6-4-10(13)5-7-11/h3-9H,1H2,2H3. The molecule has 0 saturated carbocycles. The van der Waals surface area contributed by atoms with Gasteiger partial charge in [0.15, 0.2) is 0 Å². The first-order chi connectivity index (χ1) is 7.67. The molecule has 0 bridgehead atoms. The van der Waals surface area contributed by atoms with Crippen LogP contribution >= 0.6 is 11.6 Å². The Morgan fingerprint density at radius 2 is 2.12 bits per heavy atom. The summed E-state index contributed by atoms with van der Waals surface area (Å²) in [6.07, 6.45) is 2.97. The fraction of sp³-hybridized carbons (Fsp3) is 0.167. The van der Waals surface area contributed by atoms with Crippen LogP contribution in [0.15, 0.2) is 41.9 Å². The molecule has 0 aromatic heterocycles. The maximum Gasteiger partial charge on any atom is 0.317 e. The van der Waals surface area contributed by atoms with Crippen molar-refractivity contribution in [3.8, 4) is 0 Å². The average molecular weight is 238 g/mol. The lowest BCUT2D eigenvalue weighted by Gasteiger charge is -2.03. The third-order valence-corrected chi connectivity index (χ3v) is 2.19. The minimum Gasteiger partial charge on any atom is -0.468 e. The number of carbonyl (C=O) groups is 1.